The van der Waals surface area contributed by atoms with Gasteiger partial charge in [0.1, 0.15) is 16.8 Å². The Morgan fingerprint density at radius 2 is 1.83 bits per heavy atom. The first-order valence-electron chi connectivity index (χ1n) is 9.14. The molecule has 0 unspecified atom stereocenters. The average Bonchev–Trinajstić information content (AvgIpc) is 3.51. The van der Waals surface area contributed by atoms with E-state index in [4.69, 9.17) is 9.97 Å². The summed E-state index contributed by atoms with van der Waals surface area (Å²) in [5.41, 5.74) is 6.15. The maximum Gasteiger partial charge on any atom is 0.161 e. The van der Waals surface area contributed by atoms with Gasteiger partial charge in [0.2, 0.25) is 0 Å². The van der Waals surface area contributed by atoms with Gasteiger partial charge in [-0.1, -0.05) is 6.07 Å². The molecule has 30 heavy (non-hydrogen) atoms. The van der Waals surface area contributed by atoms with E-state index in [-0.39, 0.29) is 5.75 Å². The lowest BCUT2D eigenvalue weighted by Crippen LogP contribution is -1.87. The molecular weight excluding hydrogens is 398 g/mol. The van der Waals surface area contributed by atoms with Crippen LogP contribution in [-0.2, 0) is 0 Å². The molecule has 6 aromatic heterocycles. The van der Waals surface area contributed by atoms with Crippen LogP contribution in [0.3, 0.4) is 0 Å². The van der Waals surface area contributed by atoms with E-state index in [0.29, 0.717) is 22.7 Å². The number of nitrogens with one attached hydrogen (secondary N) is 2. The molecular formula is C21H13N7OS. The molecule has 0 aliphatic heterocycles. The van der Waals surface area contributed by atoms with Gasteiger partial charge >= 0.3 is 0 Å². The molecule has 0 spiro atoms. The summed E-state index contributed by atoms with van der Waals surface area (Å²) in [6.07, 6.45) is 6.63. The summed E-state index contributed by atoms with van der Waals surface area (Å²) in [5.74, 6) is 0.702. The van der Waals surface area contributed by atoms with Gasteiger partial charge in [-0.3, -0.25) is 15.1 Å². The topological polar surface area (TPSA) is 116 Å². The molecule has 3 N–H and O–H groups in total. The van der Waals surface area contributed by atoms with Crippen molar-refractivity contribution < 1.29 is 5.11 Å². The first kappa shape index (κ1) is 16.8. The number of aromatic nitrogens is 7. The summed E-state index contributed by atoms with van der Waals surface area (Å²) in [5, 5.41) is 19.2. The first-order valence-corrected chi connectivity index (χ1v) is 10.0. The molecule has 9 heteroatoms. The fraction of sp³-hybridized carbons (Fsp3) is 0. The van der Waals surface area contributed by atoms with Crippen LogP contribution in [0.25, 0.3) is 55.3 Å². The van der Waals surface area contributed by atoms with E-state index in [1.54, 1.807) is 29.8 Å². The second-order valence-electron chi connectivity index (χ2n) is 6.74. The lowest BCUT2D eigenvalue weighted by molar-refractivity contribution is 0.473. The summed E-state index contributed by atoms with van der Waals surface area (Å²) < 4.78 is 0. The Bertz CT molecular complexity index is 1520. The quantitative estimate of drug-likeness (QED) is 0.398. The number of H-pyrrole nitrogens is 2. The highest BCUT2D eigenvalue weighted by Crippen LogP contribution is 2.33. The highest BCUT2D eigenvalue weighted by molar-refractivity contribution is 7.13. The highest BCUT2D eigenvalue weighted by Gasteiger charge is 2.17. The van der Waals surface area contributed by atoms with Crippen molar-refractivity contribution in [1.82, 2.24) is 35.1 Å². The van der Waals surface area contributed by atoms with Crippen LogP contribution in [0, 0.1) is 0 Å². The summed E-state index contributed by atoms with van der Waals surface area (Å²) in [7, 11) is 0. The van der Waals surface area contributed by atoms with E-state index in [1.807, 2.05) is 29.8 Å². The van der Waals surface area contributed by atoms with Crippen molar-refractivity contribution in [2.45, 2.75) is 0 Å². The molecule has 0 aromatic carbocycles. The summed E-state index contributed by atoms with van der Waals surface area (Å²) in [4.78, 5) is 22.4. The second-order valence-corrected chi connectivity index (χ2v) is 7.69. The minimum absolute atomic E-state index is 0.0905. The van der Waals surface area contributed by atoms with Crippen LogP contribution in [0.5, 0.6) is 5.75 Å². The Labute approximate surface area is 173 Å². The number of hydrogen-bond acceptors (Lipinski definition) is 7. The van der Waals surface area contributed by atoms with E-state index in [2.05, 4.69) is 31.2 Å². The number of aromatic amines is 2. The number of hydrogen-bond donors (Lipinski definition) is 3. The maximum absolute atomic E-state index is 9.74. The van der Waals surface area contributed by atoms with Crippen molar-refractivity contribution in [3.8, 4) is 39.0 Å². The van der Waals surface area contributed by atoms with Crippen molar-refractivity contribution in [2.75, 3.05) is 0 Å². The minimum Gasteiger partial charge on any atom is -0.506 e. The third-order valence-electron chi connectivity index (χ3n) is 4.83. The van der Waals surface area contributed by atoms with Crippen LogP contribution >= 0.6 is 11.3 Å². The molecule has 0 bridgehead atoms. The Morgan fingerprint density at radius 1 is 0.900 bits per heavy atom. The van der Waals surface area contributed by atoms with Crippen molar-refractivity contribution in [3.63, 3.8) is 0 Å². The zero-order valence-corrected chi connectivity index (χ0v) is 16.2. The van der Waals surface area contributed by atoms with E-state index in [1.165, 1.54) is 6.20 Å². The fourth-order valence-corrected chi connectivity index (χ4v) is 4.19. The molecule has 6 heterocycles. The van der Waals surface area contributed by atoms with Crippen LogP contribution < -0.4 is 0 Å². The number of imidazole rings is 1. The number of pyridine rings is 3. The van der Waals surface area contributed by atoms with Crippen LogP contribution in [0.1, 0.15) is 0 Å². The standard InChI is InChI=1S/C21H13N7OS/c29-12-6-11(7-22-8-12)14-3-4-15-19(24-14)20(28-27-15)21-25-16-10-23-9-13(18(16)26-21)17-2-1-5-30-17/h1-10,29H,(H,25,26)(H,27,28). The number of nitrogens with zero attached hydrogens (tertiary/aromatic N) is 5. The maximum atomic E-state index is 9.74. The number of thiophene rings is 1. The monoisotopic (exact) mass is 411 g/mol. The normalized spacial score (nSPS) is 11.5. The Morgan fingerprint density at radius 3 is 2.70 bits per heavy atom. The molecule has 0 atom stereocenters. The summed E-state index contributed by atoms with van der Waals surface area (Å²) >= 11 is 1.65. The lowest BCUT2D eigenvalue weighted by Gasteiger charge is -2.01. The van der Waals surface area contributed by atoms with Gasteiger partial charge in [0.15, 0.2) is 11.5 Å². The van der Waals surface area contributed by atoms with Gasteiger partial charge in [0.05, 0.1) is 29.1 Å². The first-order chi connectivity index (χ1) is 14.8. The van der Waals surface area contributed by atoms with Gasteiger partial charge in [-0.15, -0.1) is 11.3 Å². The zero-order chi connectivity index (χ0) is 20.1. The predicted octanol–water partition coefficient (Wildman–Crippen LogP) is 4.39. The molecule has 0 aliphatic rings. The average molecular weight is 411 g/mol. The van der Waals surface area contributed by atoms with Gasteiger partial charge in [-0.2, -0.15) is 5.10 Å². The van der Waals surface area contributed by atoms with E-state index < -0.39 is 0 Å². The molecule has 0 aliphatic carbocycles. The van der Waals surface area contributed by atoms with Crippen LogP contribution in [-0.4, -0.2) is 40.2 Å². The summed E-state index contributed by atoms with van der Waals surface area (Å²) in [6.45, 7) is 0. The van der Waals surface area contributed by atoms with E-state index >= 15 is 0 Å². The van der Waals surface area contributed by atoms with Gasteiger partial charge in [0, 0.05) is 28.4 Å². The number of rotatable bonds is 3. The number of aromatic hydroxyl groups is 1. The van der Waals surface area contributed by atoms with Crippen molar-refractivity contribution in [3.05, 3.63) is 60.5 Å². The van der Waals surface area contributed by atoms with Gasteiger partial charge < -0.3 is 10.1 Å². The van der Waals surface area contributed by atoms with Crippen molar-refractivity contribution in [2.24, 2.45) is 0 Å². The van der Waals surface area contributed by atoms with Crippen LogP contribution in [0.15, 0.2) is 60.5 Å². The molecule has 0 saturated heterocycles. The molecule has 8 nitrogen and oxygen atoms in total. The Kier molecular flexibility index (Phi) is 3.62. The van der Waals surface area contributed by atoms with E-state index in [0.717, 1.165) is 32.6 Å². The van der Waals surface area contributed by atoms with Gasteiger partial charge in [-0.05, 0) is 29.6 Å². The predicted molar refractivity (Wildman–Crippen MR) is 115 cm³/mol. The Hall–Kier alpha value is -4.11. The van der Waals surface area contributed by atoms with Crippen LogP contribution in [0.4, 0.5) is 0 Å². The SMILES string of the molecule is Oc1cncc(-c2ccc3[nH]nc(-c4nc5c(-c6cccs6)cncc5[nH]4)c3n2)c1. The molecule has 0 radical (unpaired) electrons. The highest BCUT2D eigenvalue weighted by atomic mass is 32.1. The van der Waals surface area contributed by atoms with Gasteiger partial charge in [0.25, 0.3) is 0 Å². The van der Waals surface area contributed by atoms with Gasteiger partial charge in [-0.25, -0.2) is 9.97 Å². The fourth-order valence-electron chi connectivity index (χ4n) is 3.45. The largest absolute Gasteiger partial charge is 0.506 e. The second kappa shape index (κ2) is 6.46. The van der Waals surface area contributed by atoms with Crippen molar-refractivity contribution >= 4 is 33.4 Å². The third kappa shape index (κ3) is 2.64. The third-order valence-corrected chi connectivity index (χ3v) is 5.74. The summed E-state index contributed by atoms with van der Waals surface area (Å²) in [6, 6.07) is 9.45. The molecule has 6 rings (SSSR count). The lowest BCUT2D eigenvalue weighted by atomic mass is 10.1. The minimum atomic E-state index is 0.0905. The molecule has 0 fully saturated rings. The Balaban J connectivity index is 1.52. The number of fused-ring (bicyclic) bond motifs is 2. The molecule has 6 aromatic rings. The van der Waals surface area contributed by atoms with Crippen molar-refractivity contribution in [1.29, 1.82) is 0 Å². The van der Waals surface area contributed by atoms with Crippen LogP contribution in [0.2, 0.25) is 0 Å². The molecule has 0 saturated carbocycles. The molecule has 0 amide bonds. The van der Waals surface area contributed by atoms with E-state index in [9.17, 15) is 5.11 Å². The smallest absolute Gasteiger partial charge is 0.161 e. The molecule has 144 valence electrons. The zero-order valence-electron chi connectivity index (χ0n) is 15.4.